The van der Waals surface area contributed by atoms with E-state index >= 15 is 0 Å². The molecule has 1 amide bonds. The summed E-state index contributed by atoms with van der Waals surface area (Å²) in [5, 5.41) is 2.86. The van der Waals surface area contributed by atoms with E-state index in [0.29, 0.717) is 24.3 Å². The summed E-state index contributed by atoms with van der Waals surface area (Å²) in [5.41, 5.74) is 5.19. The van der Waals surface area contributed by atoms with Crippen molar-refractivity contribution >= 4 is 27.3 Å². The summed E-state index contributed by atoms with van der Waals surface area (Å²) in [5.74, 6) is 0.199. The molecule has 3 aromatic carbocycles. The molecule has 0 atom stereocenters. The molecule has 1 heterocycles. The minimum atomic E-state index is -3.67. The van der Waals surface area contributed by atoms with Gasteiger partial charge in [0.25, 0.3) is 15.9 Å². The van der Waals surface area contributed by atoms with Crippen LogP contribution < -0.4 is 14.4 Å². The fraction of sp³-hybridized carbons (Fsp3) is 0.240. The van der Waals surface area contributed by atoms with Crippen molar-refractivity contribution in [1.82, 2.24) is 0 Å². The molecule has 3 aromatic rings. The zero-order chi connectivity index (χ0) is 22.9. The molecule has 6 nitrogen and oxygen atoms in total. The molecule has 0 aromatic heterocycles. The highest BCUT2D eigenvalue weighted by molar-refractivity contribution is 7.92. The predicted octanol–water partition coefficient (Wildman–Crippen LogP) is 4.38. The average Bonchev–Trinajstić information content (AvgIpc) is 3.20. The van der Waals surface area contributed by atoms with Crippen LogP contribution >= 0.6 is 0 Å². The van der Waals surface area contributed by atoms with Crippen LogP contribution in [0.5, 0.6) is 5.75 Å². The fourth-order valence-corrected chi connectivity index (χ4v) is 5.42. The molecule has 0 radical (unpaired) electrons. The smallest absolute Gasteiger partial charge is 0.264 e. The monoisotopic (exact) mass is 450 g/mol. The molecule has 0 unspecified atom stereocenters. The van der Waals surface area contributed by atoms with Crippen LogP contribution in [-0.2, 0) is 21.2 Å². The van der Waals surface area contributed by atoms with Crippen LogP contribution in [0.1, 0.15) is 22.3 Å². The van der Waals surface area contributed by atoms with Crippen LogP contribution in [0.3, 0.4) is 0 Å². The second kappa shape index (κ2) is 8.67. The van der Waals surface area contributed by atoms with E-state index in [1.807, 2.05) is 56.3 Å². The van der Waals surface area contributed by atoms with Gasteiger partial charge in [0, 0.05) is 12.2 Å². The Kier molecular flexibility index (Phi) is 5.93. The van der Waals surface area contributed by atoms with Gasteiger partial charge in [-0.15, -0.1) is 0 Å². The Hall–Kier alpha value is -3.32. The van der Waals surface area contributed by atoms with Crippen LogP contribution in [0.2, 0.25) is 0 Å². The van der Waals surface area contributed by atoms with Gasteiger partial charge in [0.15, 0.2) is 6.61 Å². The van der Waals surface area contributed by atoms with E-state index in [1.54, 1.807) is 19.1 Å². The summed E-state index contributed by atoms with van der Waals surface area (Å²) in [6.07, 6.45) is 0.700. The number of hydrogen-bond donors (Lipinski definition) is 1. The van der Waals surface area contributed by atoms with Gasteiger partial charge in [-0.1, -0.05) is 30.3 Å². The van der Waals surface area contributed by atoms with Crippen LogP contribution in [-0.4, -0.2) is 27.5 Å². The third kappa shape index (κ3) is 4.34. The molecule has 1 aliphatic rings. The van der Waals surface area contributed by atoms with E-state index in [0.717, 1.165) is 28.1 Å². The lowest BCUT2D eigenvalue weighted by molar-refractivity contribution is -0.118. The number of nitrogens with one attached hydrogen (secondary N) is 1. The van der Waals surface area contributed by atoms with Crippen LogP contribution in [0.4, 0.5) is 11.4 Å². The van der Waals surface area contributed by atoms with Gasteiger partial charge in [0.1, 0.15) is 5.75 Å². The second-order valence-corrected chi connectivity index (χ2v) is 9.90. The van der Waals surface area contributed by atoms with Crippen molar-refractivity contribution in [3.8, 4) is 5.75 Å². The number of nitrogens with zero attached hydrogens (tertiary/aromatic N) is 1. The summed E-state index contributed by atoms with van der Waals surface area (Å²) in [7, 11) is -3.67. The number of ether oxygens (including phenoxy) is 1. The Balaban J connectivity index is 1.45. The lowest BCUT2D eigenvalue weighted by Crippen LogP contribution is -2.29. The van der Waals surface area contributed by atoms with Gasteiger partial charge in [0.2, 0.25) is 0 Å². The van der Waals surface area contributed by atoms with Gasteiger partial charge in [-0.2, -0.15) is 0 Å². The van der Waals surface area contributed by atoms with E-state index in [4.69, 9.17) is 4.74 Å². The van der Waals surface area contributed by atoms with E-state index in [1.165, 1.54) is 10.4 Å². The van der Waals surface area contributed by atoms with Gasteiger partial charge in [-0.25, -0.2) is 8.42 Å². The number of benzene rings is 3. The van der Waals surface area contributed by atoms with Crippen molar-refractivity contribution in [1.29, 1.82) is 0 Å². The largest absolute Gasteiger partial charge is 0.483 e. The lowest BCUT2D eigenvalue weighted by atomic mass is 10.1. The first kappa shape index (κ1) is 21.9. The number of carbonyl (C=O) groups is 1. The van der Waals surface area contributed by atoms with Gasteiger partial charge >= 0.3 is 0 Å². The Morgan fingerprint density at radius 3 is 2.56 bits per heavy atom. The first-order chi connectivity index (χ1) is 15.3. The highest BCUT2D eigenvalue weighted by Crippen LogP contribution is 2.33. The number of anilines is 2. The molecule has 32 heavy (non-hydrogen) atoms. The number of aryl methyl sites for hydroxylation is 3. The number of sulfonamides is 1. The first-order valence-electron chi connectivity index (χ1n) is 10.5. The second-order valence-electron chi connectivity index (χ2n) is 8.04. The minimum absolute atomic E-state index is 0.167. The molecule has 0 saturated heterocycles. The van der Waals surface area contributed by atoms with Crippen molar-refractivity contribution < 1.29 is 17.9 Å². The molecule has 0 spiro atoms. The van der Waals surface area contributed by atoms with Gasteiger partial charge in [0.05, 0.1) is 10.6 Å². The summed E-state index contributed by atoms with van der Waals surface area (Å²) >= 11 is 0. The summed E-state index contributed by atoms with van der Waals surface area (Å²) in [6, 6.07) is 18.1. The Morgan fingerprint density at radius 1 is 1.00 bits per heavy atom. The maximum atomic E-state index is 13.2. The molecule has 166 valence electrons. The topological polar surface area (TPSA) is 75.7 Å². The molecule has 7 heteroatoms. The number of hydrogen-bond acceptors (Lipinski definition) is 4. The number of carbonyl (C=O) groups excluding carboxylic acids is 1. The third-order valence-electron chi connectivity index (χ3n) is 5.60. The van der Waals surface area contributed by atoms with E-state index < -0.39 is 10.0 Å². The van der Waals surface area contributed by atoms with Crippen LogP contribution in [0, 0.1) is 20.8 Å². The molecular weight excluding hydrogens is 424 g/mol. The van der Waals surface area contributed by atoms with Gasteiger partial charge in [-0.05, 0) is 79.8 Å². The standard InChI is InChI=1S/C25H26N2O4S/c1-17-8-9-18(2)22(14-17)26-25(28)16-31-24-11-10-21(15-19(24)3)32(29,30)27-13-12-20-6-4-5-7-23(20)27/h4-11,14-15H,12-13,16H2,1-3H3,(H,26,28). The molecule has 0 bridgehead atoms. The normalized spacial score (nSPS) is 13.0. The zero-order valence-corrected chi connectivity index (χ0v) is 19.2. The van der Waals surface area contributed by atoms with E-state index in [-0.39, 0.29) is 17.4 Å². The first-order valence-corrected chi connectivity index (χ1v) is 11.9. The molecule has 1 N–H and O–H groups in total. The molecule has 1 aliphatic heterocycles. The van der Waals surface area contributed by atoms with Crippen LogP contribution in [0.15, 0.2) is 65.6 Å². The average molecular weight is 451 g/mol. The Labute approximate surface area is 188 Å². The quantitative estimate of drug-likeness (QED) is 0.605. The lowest BCUT2D eigenvalue weighted by Gasteiger charge is -2.20. The number of amides is 1. The predicted molar refractivity (Wildman–Crippen MR) is 126 cm³/mol. The SMILES string of the molecule is Cc1ccc(C)c(NC(=O)COc2ccc(S(=O)(=O)N3CCc4ccccc43)cc2C)c1. The molecule has 0 fully saturated rings. The summed E-state index contributed by atoms with van der Waals surface area (Å²) in [4.78, 5) is 12.5. The van der Waals surface area contributed by atoms with E-state index in [9.17, 15) is 13.2 Å². The number of rotatable bonds is 6. The Morgan fingerprint density at radius 2 is 1.78 bits per heavy atom. The maximum Gasteiger partial charge on any atom is 0.264 e. The molecule has 4 rings (SSSR count). The number of fused-ring (bicyclic) bond motifs is 1. The maximum absolute atomic E-state index is 13.2. The number of para-hydroxylation sites is 1. The minimum Gasteiger partial charge on any atom is -0.483 e. The molecule has 0 aliphatic carbocycles. The fourth-order valence-electron chi connectivity index (χ4n) is 3.83. The van der Waals surface area contributed by atoms with Gasteiger partial charge in [-0.3, -0.25) is 9.10 Å². The summed E-state index contributed by atoms with van der Waals surface area (Å²) in [6.45, 7) is 5.93. The van der Waals surface area contributed by atoms with E-state index in [2.05, 4.69) is 5.32 Å². The van der Waals surface area contributed by atoms with Crippen molar-refractivity contribution in [3.05, 3.63) is 82.9 Å². The third-order valence-corrected chi connectivity index (χ3v) is 7.41. The van der Waals surface area contributed by atoms with Crippen molar-refractivity contribution in [2.45, 2.75) is 32.1 Å². The van der Waals surface area contributed by atoms with Gasteiger partial charge < -0.3 is 10.1 Å². The Bertz CT molecular complexity index is 1280. The van der Waals surface area contributed by atoms with Crippen molar-refractivity contribution in [3.63, 3.8) is 0 Å². The highest BCUT2D eigenvalue weighted by atomic mass is 32.2. The van der Waals surface area contributed by atoms with Crippen molar-refractivity contribution in [2.24, 2.45) is 0 Å². The molecule has 0 saturated carbocycles. The molecular formula is C25H26N2O4S. The zero-order valence-electron chi connectivity index (χ0n) is 18.4. The van der Waals surface area contributed by atoms with Crippen LogP contribution in [0.25, 0.3) is 0 Å². The summed E-state index contributed by atoms with van der Waals surface area (Å²) < 4.78 is 33.5. The highest BCUT2D eigenvalue weighted by Gasteiger charge is 2.30. The van der Waals surface area contributed by atoms with Crippen molar-refractivity contribution in [2.75, 3.05) is 22.8 Å².